The maximum absolute atomic E-state index is 13.3. The number of benzene rings is 1. The molecule has 6 heteroatoms. The number of rotatable bonds is 1. The zero-order valence-corrected chi connectivity index (χ0v) is 16.3. The number of aryl methyl sites for hydroxylation is 1. The van der Waals surface area contributed by atoms with Gasteiger partial charge in [-0.05, 0) is 49.3 Å². The number of nitrogens with zero attached hydrogens (tertiary/aromatic N) is 3. The van der Waals surface area contributed by atoms with Gasteiger partial charge in [-0.3, -0.25) is 9.59 Å². The minimum absolute atomic E-state index is 0.0788. The molecule has 2 bridgehead atoms. The third-order valence-corrected chi connectivity index (χ3v) is 7.05. The maximum Gasteiger partial charge on any atom is 0.270 e. The van der Waals surface area contributed by atoms with Crippen LogP contribution in [0, 0.1) is 11.8 Å². The standard InChI is InChI=1S/C21H24ClN3O2/c1-23-18-6-2-4-16(22)15(18)9-19(23)21(27)24-10-13-8-14(12-24)17-5-3-7-20(26)25(17)11-13/h2,4,6,9,13-14,17H,3,5,7-8,10-12H2,1H3. The van der Waals surface area contributed by atoms with E-state index in [9.17, 15) is 9.59 Å². The van der Waals surface area contributed by atoms with Gasteiger partial charge in [0.15, 0.2) is 0 Å². The number of aromatic nitrogens is 1. The van der Waals surface area contributed by atoms with E-state index in [1.54, 1.807) is 0 Å². The second kappa shape index (κ2) is 6.26. The van der Waals surface area contributed by atoms with E-state index in [0.717, 1.165) is 49.8 Å². The molecule has 27 heavy (non-hydrogen) atoms. The fraction of sp³-hybridized carbons (Fsp3) is 0.524. The summed E-state index contributed by atoms with van der Waals surface area (Å²) in [6, 6.07) is 8.01. The highest BCUT2D eigenvalue weighted by atomic mass is 35.5. The van der Waals surface area contributed by atoms with E-state index in [1.807, 2.05) is 40.8 Å². The number of fused-ring (bicyclic) bond motifs is 5. The van der Waals surface area contributed by atoms with Gasteiger partial charge in [0.05, 0.1) is 0 Å². The summed E-state index contributed by atoms with van der Waals surface area (Å²) in [5.41, 5.74) is 1.67. The molecule has 3 aliphatic rings. The van der Waals surface area contributed by atoms with Crippen LogP contribution in [0.4, 0.5) is 0 Å². The number of carbonyl (C=O) groups excluding carboxylic acids is 2. The van der Waals surface area contributed by atoms with Gasteiger partial charge in [-0.2, -0.15) is 0 Å². The van der Waals surface area contributed by atoms with Gasteiger partial charge in [-0.1, -0.05) is 17.7 Å². The Morgan fingerprint density at radius 1 is 1.22 bits per heavy atom. The summed E-state index contributed by atoms with van der Waals surface area (Å²) in [6.07, 6.45) is 3.89. The number of halogens is 1. The molecule has 1 aromatic heterocycles. The summed E-state index contributed by atoms with van der Waals surface area (Å²) >= 11 is 6.33. The fourth-order valence-electron chi connectivity index (χ4n) is 5.47. The monoisotopic (exact) mass is 385 g/mol. The van der Waals surface area contributed by atoms with Crippen LogP contribution in [-0.4, -0.2) is 51.9 Å². The Morgan fingerprint density at radius 3 is 2.89 bits per heavy atom. The average molecular weight is 386 g/mol. The average Bonchev–Trinajstić information content (AvgIpc) is 3.00. The van der Waals surface area contributed by atoms with Gasteiger partial charge in [0.25, 0.3) is 5.91 Å². The maximum atomic E-state index is 13.3. The van der Waals surface area contributed by atoms with Crippen LogP contribution in [0.15, 0.2) is 24.3 Å². The van der Waals surface area contributed by atoms with Crippen molar-refractivity contribution in [2.75, 3.05) is 19.6 Å². The van der Waals surface area contributed by atoms with Crippen molar-refractivity contribution < 1.29 is 9.59 Å². The van der Waals surface area contributed by atoms with Gasteiger partial charge < -0.3 is 14.4 Å². The molecule has 3 atom stereocenters. The molecule has 0 N–H and O–H groups in total. The predicted octanol–water partition coefficient (Wildman–Crippen LogP) is 3.30. The van der Waals surface area contributed by atoms with Crippen molar-refractivity contribution in [1.82, 2.24) is 14.4 Å². The van der Waals surface area contributed by atoms with Crippen molar-refractivity contribution in [2.45, 2.75) is 31.7 Å². The molecule has 0 saturated carbocycles. The molecule has 5 rings (SSSR count). The van der Waals surface area contributed by atoms with E-state index in [2.05, 4.69) is 4.90 Å². The third-order valence-electron chi connectivity index (χ3n) is 6.72. The van der Waals surface area contributed by atoms with Gasteiger partial charge >= 0.3 is 0 Å². The Bertz CT molecular complexity index is 937. The smallest absolute Gasteiger partial charge is 0.270 e. The molecule has 5 nitrogen and oxygen atoms in total. The highest BCUT2D eigenvalue weighted by Crippen LogP contribution is 2.38. The van der Waals surface area contributed by atoms with E-state index in [-0.39, 0.29) is 5.91 Å². The lowest BCUT2D eigenvalue weighted by atomic mass is 9.76. The molecule has 3 unspecified atom stereocenters. The minimum Gasteiger partial charge on any atom is -0.340 e. The molecule has 2 amide bonds. The van der Waals surface area contributed by atoms with E-state index in [1.165, 1.54) is 0 Å². The van der Waals surface area contributed by atoms with Crippen molar-refractivity contribution >= 4 is 34.3 Å². The largest absolute Gasteiger partial charge is 0.340 e. The molecule has 3 aliphatic heterocycles. The molecule has 2 aromatic rings. The Hall–Kier alpha value is -2.01. The van der Waals surface area contributed by atoms with Crippen molar-refractivity contribution in [3.8, 4) is 0 Å². The Morgan fingerprint density at radius 2 is 2.07 bits per heavy atom. The van der Waals surface area contributed by atoms with Crippen LogP contribution < -0.4 is 0 Å². The first-order valence-corrected chi connectivity index (χ1v) is 10.2. The fourth-order valence-corrected chi connectivity index (χ4v) is 5.69. The molecule has 3 fully saturated rings. The number of hydrogen-bond donors (Lipinski definition) is 0. The first-order valence-electron chi connectivity index (χ1n) is 9.85. The van der Waals surface area contributed by atoms with E-state index in [4.69, 9.17) is 11.6 Å². The van der Waals surface area contributed by atoms with Crippen molar-refractivity contribution in [1.29, 1.82) is 0 Å². The number of piperidine rings is 3. The van der Waals surface area contributed by atoms with Crippen LogP contribution in [0.2, 0.25) is 5.02 Å². The van der Waals surface area contributed by atoms with Crippen molar-refractivity contribution in [2.24, 2.45) is 18.9 Å². The van der Waals surface area contributed by atoms with Crippen LogP contribution in [0.1, 0.15) is 36.2 Å². The predicted molar refractivity (Wildman–Crippen MR) is 105 cm³/mol. The van der Waals surface area contributed by atoms with E-state index >= 15 is 0 Å². The first-order chi connectivity index (χ1) is 13.0. The van der Waals surface area contributed by atoms with Crippen LogP contribution in [0.3, 0.4) is 0 Å². The van der Waals surface area contributed by atoms with Gasteiger partial charge in [0.2, 0.25) is 5.91 Å². The summed E-state index contributed by atoms with van der Waals surface area (Å²) in [6.45, 7) is 2.30. The van der Waals surface area contributed by atoms with Gasteiger partial charge in [0, 0.05) is 55.1 Å². The first kappa shape index (κ1) is 17.1. The number of amides is 2. The zero-order chi connectivity index (χ0) is 18.7. The van der Waals surface area contributed by atoms with Gasteiger partial charge in [-0.25, -0.2) is 0 Å². The topological polar surface area (TPSA) is 45.6 Å². The molecule has 4 heterocycles. The molecule has 0 radical (unpaired) electrons. The lowest BCUT2D eigenvalue weighted by molar-refractivity contribution is -0.144. The number of carbonyl (C=O) groups is 2. The summed E-state index contributed by atoms with van der Waals surface area (Å²) < 4.78 is 1.95. The second-order valence-electron chi connectivity index (χ2n) is 8.34. The van der Waals surface area contributed by atoms with Crippen LogP contribution in [0.5, 0.6) is 0 Å². The minimum atomic E-state index is 0.0788. The molecular formula is C21H24ClN3O2. The van der Waals surface area contributed by atoms with E-state index in [0.29, 0.717) is 40.9 Å². The lowest BCUT2D eigenvalue weighted by Crippen LogP contribution is -2.61. The molecule has 142 valence electrons. The summed E-state index contributed by atoms with van der Waals surface area (Å²) in [7, 11) is 1.93. The van der Waals surface area contributed by atoms with Crippen molar-refractivity contribution in [3.05, 3.63) is 35.0 Å². The van der Waals surface area contributed by atoms with E-state index < -0.39 is 0 Å². The Kier molecular flexibility index (Phi) is 3.97. The van der Waals surface area contributed by atoms with Gasteiger partial charge in [0.1, 0.15) is 5.69 Å². The van der Waals surface area contributed by atoms with Crippen LogP contribution >= 0.6 is 11.6 Å². The summed E-state index contributed by atoms with van der Waals surface area (Å²) in [5, 5.41) is 1.60. The molecule has 0 aliphatic carbocycles. The Labute approximate surface area is 163 Å². The normalized spacial score (nSPS) is 27.8. The van der Waals surface area contributed by atoms with Crippen molar-refractivity contribution in [3.63, 3.8) is 0 Å². The second-order valence-corrected chi connectivity index (χ2v) is 8.75. The third kappa shape index (κ3) is 2.66. The highest BCUT2D eigenvalue weighted by Gasteiger charge is 2.45. The zero-order valence-electron chi connectivity index (χ0n) is 15.5. The highest BCUT2D eigenvalue weighted by molar-refractivity contribution is 6.35. The molecule has 1 aromatic carbocycles. The van der Waals surface area contributed by atoms with Gasteiger partial charge in [-0.15, -0.1) is 0 Å². The summed E-state index contributed by atoms with van der Waals surface area (Å²) in [5.74, 6) is 1.19. The number of likely N-dealkylation sites (tertiary alicyclic amines) is 1. The van der Waals surface area contributed by atoms with Crippen LogP contribution in [0.25, 0.3) is 10.9 Å². The molecule has 0 spiro atoms. The quantitative estimate of drug-likeness (QED) is 0.756. The molecule has 3 saturated heterocycles. The Balaban J connectivity index is 1.43. The number of hydrogen-bond acceptors (Lipinski definition) is 2. The lowest BCUT2D eigenvalue weighted by Gasteiger charge is -2.52. The van der Waals surface area contributed by atoms with Crippen LogP contribution in [-0.2, 0) is 11.8 Å². The molecular weight excluding hydrogens is 362 g/mol. The summed E-state index contributed by atoms with van der Waals surface area (Å²) in [4.78, 5) is 29.8. The SMILES string of the molecule is Cn1c(C(=O)N2CC3CC(C2)C2CCCC(=O)N2C3)cc2c(Cl)cccc21.